The molecule has 1 aromatic carbocycles. The lowest BCUT2D eigenvalue weighted by Crippen LogP contribution is -2.22. The van der Waals surface area contributed by atoms with Crippen molar-refractivity contribution >= 4 is 47.2 Å². The first-order chi connectivity index (χ1) is 10.6. The van der Waals surface area contributed by atoms with E-state index in [0.717, 1.165) is 11.4 Å². The average molecular weight is 449 g/mol. The Morgan fingerprint density at radius 1 is 1.26 bits per heavy atom. The summed E-state index contributed by atoms with van der Waals surface area (Å²) in [5, 5.41) is 3.46. The van der Waals surface area contributed by atoms with E-state index < -0.39 is 0 Å². The van der Waals surface area contributed by atoms with E-state index >= 15 is 0 Å². The highest BCUT2D eigenvalue weighted by atomic mass is 127. The van der Waals surface area contributed by atoms with Gasteiger partial charge in [0.25, 0.3) is 0 Å². The highest BCUT2D eigenvalue weighted by molar-refractivity contribution is 14.0. The topological polar surface area (TPSA) is 81.8 Å². The summed E-state index contributed by atoms with van der Waals surface area (Å²) >= 11 is 6.05. The zero-order chi connectivity index (χ0) is 15.9. The molecule has 2 aromatic rings. The van der Waals surface area contributed by atoms with Gasteiger partial charge in [-0.3, -0.25) is 0 Å². The van der Waals surface area contributed by atoms with Crippen LogP contribution >= 0.6 is 35.6 Å². The molecule has 0 aliphatic carbocycles. The van der Waals surface area contributed by atoms with Crippen molar-refractivity contribution < 1.29 is 9.47 Å². The summed E-state index contributed by atoms with van der Waals surface area (Å²) in [6.07, 6.45) is 0. The number of hydrogen-bond acceptors (Lipinski definition) is 4. The number of methoxy groups -OCH3 is 2. The fraction of sp³-hybridized carbons (Fsp3) is 0.200. The standard InChI is InChI=1S/C15H17ClN4O2.HI/c1-21-13-7-6-10(8-12(13)16)20-15(17)18-9-11-4-3-5-14(19-11)22-2;/h3-8H,9H2,1-2H3,(H3,17,18,20);1H. The maximum absolute atomic E-state index is 6.05. The molecule has 0 unspecified atom stereocenters. The van der Waals surface area contributed by atoms with E-state index in [1.54, 1.807) is 38.5 Å². The average Bonchev–Trinajstić information content (AvgIpc) is 2.53. The number of hydrogen-bond donors (Lipinski definition) is 2. The van der Waals surface area contributed by atoms with Gasteiger partial charge in [-0.05, 0) is 24.3 Å². The number of halogens is 2. The molecule has 0 aliphatic heterocycles. The van der Waals surface area contributed by atoms with Crippen molar-refractivity contribution in [1.82, 2.24) is 4.98 Å². The Labute approximate surface area is 157 Å². The van der Waals surface area contributed by atoms with E-state index in [1.807, 2.05) is 12.1 Å². The normalized spacial score (nSPS) is 10.7. The molecule has 0 aliphatic rings. The lowest BCUT2D eigenvalue weighted by atomic mass is 10.3. The van der Waals surface area contributed by atoms with Gasteiger partial charge >= 0.3 is 0 Å². The second-order valence-corrected chi connectivity index (χ2v) is 4.75. The van der Waals surface area contributed by atoms with Gasteiger partial charge in [-0.15, -0.1) is 24.0 Å². The molecular formula is C15H18ClIN4O2. The van der Waals surface area contributed by atoms with Crippen LogP contribution in [0.15, 0.2) is 41.4 Å². The molecule has 23 heavy (non-hydrogen) atoms. The van der Waals surface area contributed by atoms with Crippen LogP contribution < -0.4 is 20.5 Å². The number of nitrogens with zero attached hydrogens (tertiary/aromatic N) is 2. The number of aliphatic imine (C=N–C) groups is 1. The molecule has 0 bridgehead atoms. The first-order valence-electron chi connectivity index (χ1n) is 6.53. The van der Waals surface area contributed by atoms with E-state index in [2.05, 4.69) is 15.3 Å². The SMILES string of the molecule is COc1cccc(CN=C(N)Nc2ccc(OC)c(Cl)c2)n1.I. The van der Waals surface area contributed by atoms with E-state index in [1.165, 1.54) is 0 Å². The molecule has 2 rings (SSSR count). The Morgan fingerprint density at radius 3 is 2.70 bits per heavy atom. The van der Waals surface area contributed by atoms with Crippen LogP contribution in [-0.4, -0.2) is 25.2 Å². The van der Waals surface area contributed by atoms with Gasteiger partial charge < -0.3 is 20.5 Å². The van der Waals surface area contributed by atoms with Crippen LogP contribution in [0.25, 0.3) is 0 Å². The first kappa shape index (κ1) is 19.3. The summed E-state index contributed by atoms with van der Waals surface area (Å²) in [6.45, 7) is 0.347. The van der Waals surface area contributed by atoms with E-state index in [9.17, 15) is 0 Å². The van der Waals surface area contributed by atoms with Crippen LogP contribution in [-0.2, 0) is 6.54 Å². The molecule has 0 saturated carbocycles. The van der Waals surface area contributed by atoms with Crippen LogP contribution in [0, 0.1) is 0 Å². The molecule has 6 nitrogen and oxygen atoms in total. The predicted octanol–water partition coefficient (Wildman–Crippen LogP) is 3.30. The van der Waals surface area contributed by atoms with Gasteiger partial charge in [-0.2, -0.15) is 0 Å². The third-order valence-corrected chi connectivity index (χ3v) is 3.12. The number of guanidine groups is 1. The molecule has 1 aromatic heterocycles. The van der Waals surface area contributed by atoms with Gasteiger partial charge in [-0.25, -0.2) is 9.98 Å². The van der Waals surface area contributed by atoms with Crippen LogP contribution in [0.4, 0.5) is 5.69 Å². The molecule has 124 valence electrons. The summed E-state index contributed by atoms with van der Waals surface area (Å²) < 4.78 is 10.2. The van der Waals surface area contributed by atoms with Gasteiger partial charge in [-0.1, -0.05) is 17.7 Å². The number of anilines is 1. The Morgan fingerprint density at radius 2 is 2.04 bits per heavy atom. The van der Waals surface area contributed by atoms with Gasteiger partial charge in [0.15, 0.2) is 5.96 Å². The summed E-state index contributed by atoms with van der Waals surface area (Å²) in [4.78, 5) is 8.49. The predicted molar refractivity (Wildman–Crippen MR) is 103 cm³/mol. The molecule has 0 spiro atoms. The van der Waals surface area contributed by atoms with Gasteiger partial charge in [0.05, 0.1) is 31.5 Å². The van der Waals surface area contributed by atoms with E-state index in [0.29, 0.717) is 23.2 Å². The summed E-state index contributed by atoms with van der Waals surface area (Å²) in [7, 11) is 3.13. The quantitative estimate of drug-likeness (QED) is 0.417. The summed E-state index contributed by atoms with van der Waals surface area (Å²) in [6, 6.07) is 10.7. The molecule has 0 amide bonds. The lowest BCUT2D eigenvalue weighted by Gasteiger charge is -2.08. The molecule has 0 saturated heterocycles. The van der Waals surface area contributed by atoms with Crippen molar-refractivity contribution in [1.29, 1.82) is 0 Å². The zero-order valence-electron chi connectivity index (χ0n) is 12.7. The summed E-state index contributed by atoms with van der Waals surface area (Å²) in [5.41, 5.74) is 7.34. The zero-order valence-corrected chi connectivity index (χ0v) is 15.8. The van der Waals surface area contributed by atoms with Gasteiger partial charge in [0.1, 0.15) is 5.75 Å². The Kier molecular flexibility index (Phi) is 7.90. The minimum Gasteiger partial charge on any atom is -0.495 e. The Hall–Kier alpha value is -1.74. The third-order valence-electron chi connectivity index (χ3n) is 2.83. The molecule has 0 atom stereocenters. The fourth-order valence-electron chi connectivity index (χ4n) is 1.76. The molecule has 3 N–H and O–H groups in total. The lowest BCUT2D eigenvalue weighted by molar-refractivity contribution is 0.396. The number of nitrogens with one attached hydrogen (secondary N) is 1. The molecule has 8 heteroatoms. The maximum Gasteiger partial charge on any atom is 0.213 e. The summed E-state index contributed by atoms with van der Waals surface area (Å²) in [5.74, 6) is 1.41. The van der Waals surface area contributed by atoms with Crippen molar-refractivity contribution in [2.45, 2.75) is 6.54 Å². The number of ether oxygens (including phenoxy) is 2. The minimum atomic E-state index is 0. The highest BCUT2D eigenvalue weighted by Gasteiger charge is 2.03. The van der Waals surface area contributed by atoms with Gasteiger partial charge in [0, 0.05) is 11.8 Å². The highest BCUT2D eigenvalue weighted by Crippen LogP contribution is 2.27. The molecular weight excluding hydrogens is 431 g/mol. The van der Waals surface area contributed by atoms with Crippen molar-refractivity contribution in [2.75, 3.05) is 19.5 Å². The number of aromatic nitrogens is 1. The van der Waals surface area contributed by atoms with Crippen molar-refractivity contribution in [3.8, 4) is 11.6 Å². The minimum absolute atomic E-state index is 0. The fourth-order valence-corrected chi connectivity index (χ4v) is 2.01. The monoisotopic (exact) mass is 448 g/mol. The molecule has 1 heterocycles. The van der Waals surface area contributed by atoms with Gasteiger partial charge in [0.2, 0.25) is 5.88 Å². The van der Waals surface area contributed by atoms with Crippen molar-refractivity contribution in [3.63, 3.8) is 0 Å². The Bertz CT molecular complexity index is 682. The largest absolute Gasteiger partial charge is 0.495 e. The number of pyridine rings is 1. The maximum atomic E-state index is 6.05. The van der Waals surface area contributed by atoms with Crippen LogP contribution in [0.5, 0.6) is 11.6 Å². The number of nitrogens with two attached hydrogens (primary N) is 1. The second-order valence-electron chi connectivity index (χ2n) is 4.35. The third kappa shape index (κ3) is 5.76. The van der Waals surface area contributed by atoms with Crippen LogP contribution in [0.3, 0.4) is 0 Å². The van der Waals surface area contributed by atoms with Crippen molar-refractivity contribution in [2.24, 2.45) is 10.7 Å². The van der Waals surface area contributed by atoms with Crippen LogP contribution in [0.2, 0.25) is 5.02 Å². The molecule has 0 radical (unpaired) electrons. The van der Waals surface area contributed by atoms with Crippen LogP contribution in [0.1, 0.15) is 5.69 Å². The Balaban J connectivity index is 0.00000264. The smallest absolute Gasteiger partial charge is 0.213 e. The van der Waals surface area contributed by atoms with E-state index in [-0.39, 0.29) is 29.9 Å². The first-order valence-corrected chi connectivity index (χ1v) is 6.90. The second kappa shape index (κ2) is 9.41. The van der Waals surface area contributed by atoms with Crippen molar-refractivity contribution in [3.05, 3.63) is 47.1 Å². The van der Waals surface area contributed by atoms with E-state index in [4.69, 9.17) is 26.8 Å². The molecule has 0 fully saturated rings. The number of rotatable bonds is 5. The number of benzene rings is 1.